The van der Waals surface area contributed by atoms with Crippen LogP contribution in [0.2, 0.25) is 0 Å². The van der Waals surface area contributed by atoms with E-state index in [0.717, 1.165) is 12.8 Å². The van der Waals surface area contributed by atoms with Crippen LogP contribution in [0.3, 0.4) is 0 Å². The number of H-pyrrole nitrogens is 2. The number of aromatic nitrogens is 2. The second-order valence-electron chi connectivity index (χ2n) is 3.96. The smallest absolute Gasteiger partial charge is 0.167 e. The molecule has 2 N–H and O–H groups in total. The molecular formula is C14H18Cl2N2S2. The summed E-state index contributed by atoms with van der Waals surface area (Å²) in [4.78, 5) is 6.09. The third kappa shape index (κ3) is 8.00. The summed E-state index contributed by atoms with van der Waals surface area (Å²) in [6.45, 7) is 0. The van der Waals surface area contributed by atoms with Gasteiger partial charge >= 0.3 is 0 Å². The molecule has 20 heavy (non-hydrogen) atoms. The van der Waals surface area contributed by atoms with Crippen molar-refractivity contribution < 1.29 is 34.8 Å². The Kier molecular flexibility index (Phi) is 12.1. The Morgan fingerprint density at radius 3 is 1.35 bits per heavy atom. The number of hydrogen-bond acceptors (Lipinski definition) is 2. The van der Waals surface area contributed by atoms with Crippen LogP contribution < -0.4 is 34.8 Å². The van der Waals surface area contributed by atoms with Crippen LogP contribution >= 0.6 is 21.6 Å². The molecular weight excluding hydrogens is 331 g/mol. The summed E-state index contributed by atoms with van der Waals surface area (Å²) in [7, 11) is 3.93. The van der Waals surface area contributed by atoms with E-state index in [1.54, 1.807) is 0 Å². The normalized spacial score (nSPS) is 9.40. The first-order valence-corrected chi connectivity index (χ1v) is 8.58. The van der Waals surface area contributed by atoms with E-state index < -0.39 is 0 Å². The van der Waals surface area contributed by atoms with Crippen LogP contribution in [-0.4, -0.2) is 11.5 Å². The molecule has 2 heterocycles. The standard InChI is InChI=1S/C14H16N2S2.2ClH/c1-7-15-8-2-13(1)5-11-17-18-12-6-14-3-9-16-10-4-14;;/h1-4,7-10H,5-6,11-12H2;2*1H. The molecule has 0 unspecified atom stereocenters. The van der Waals surface area contributed by atoms with Crippen molar-refractivity contribution in [3.8, 4) is 0 Å². The van der Waals surface area contributed by atoms with E-state index in [-0.39, 0.29) is 24.8 Å². The first-order valence-electron chi connectivity index (χ1n) is 6.09. The molecule has 2 rings (SSSR count). The van der Waals surface area contributed by atoms with E-state index in [0.29, 0.717) is 0 Å². The summed E-state index contributed by atoms with van der Waals surface area (Å²) in [5, 5.41) is 0. The Bertz CT molecular complexity index is 400. The number of halogens is 2. The van der Waals surface area contributed by atoms with Crippen molar-refractivity contribution in [1.82, 2.24) is 0 Å². The van der Waals surface area contributed by atoms with Crippen LogP contribution in [0, 0.1) is 0 Å². The highest BCUT2D eigenvalue weighted by atomic mass is 35.5. The minimum Gasteiger partial charge on any atom is -1.00 e. The first kappa shape index (κ1) is 19.6. The predicted octanol–water partition coefficient (Wildman–Crippen LogP) is -3.51. The highest BCUT2D eigenvalue weighted by Gasteiger charge is 1.97. The molecule has 2 nitrogen and oxygen atoms in total. The van der Waals surface area contributed by atoms with E-state index in [9.17, 15) is 0 Å². The van der Waals surface area contributed by atoms with Gasteiger partial charge in [-0.1, -0.05) is 21.6 Å². The summed E-state index contributed by atoms with van der Waals surface area (Å²) < 4.78 is 0. The zero-order valence-corrected chi connectivity index (χ0v) is 14.2. The van der Waals surface area contributed by atoms with Gasteiger partial charge in [-0.2, -0.15) is 0 Å². The van der Waals surface area contributed by atoms with Crippen LogP contribution in [0.1, 0.15) is 11.1 Å². The molecule has 0 fully saturated rings. The number of rotatable bonds is 7. The molecule has 0 saturated heterocycles. The van der Waals surface area contributed by atoms with Gasteiger partial charge in [-0.15, -0.1) is 0 Å². The van der Waals surface area contributed by atoms with Crippen molar-refractivity contribution in [1.29, 1.82) is 0 Å². The van der Waals surface area contributed by atoms with Gasteiger partial charge in [-0.05, 0) is 24.0 Å². The lowest BCUT2D eigenvalue weighted by Gasteiger charge is -2.01. The largest absolute Gasteiger partial charge is 1.00 e. The van der Waals surface area contributed by atoms with Gasteiger partial charge in [-0.25, -0.2) is 9.97 Å². The van der Waals surface area contributed by atoms with Crippen molar-refractivity contribution in [2.75, 3.05) is 11.5 Å². The number of nitrogens with one attached hydrogen (secondary N) is 2. The fourth-order valence-electron chi connectivity index (χ4n) is 1.61. The Balaban J connectivity index is 0.00000180. The minimum atomic E-state index is 0. The summed E-state index contributed by atoms with van der Waals surface area (Å²) >= 11 is 0. The van der Waals surface area contributed by atoms with E-state index in [4.69, 9.17) is 0 Å². The molecule has 0 bridgehead atoms. The number of pyridine rings is 2. The average molecular weight is 349 g/mol. The molecule has 0 aromatic carbocycles. The molecule has 2 aromatic rings. The molecule has 110 valence electrons. The lowest BCUT2D eigenvalue weighted by atomic mass is 10.2. The highest BCUT2D eigenvalue weighted by molar-refractivity contribution is 8.76. The lowest BCUT2D eigenvalue weighted by molar-refractivity contribution is -0.378. The molecule has 0 aliphatic rings. The Labute approximate surface area is 140 Å². The second-order valence-corrected chi connectivity index (χ2v) is 6.66. The monoisotopic (exact) mass is 348 g/mol. The minimum absolute atomic E-state index is 0. The molecule has 0 saturated carbocycles. The predicted molar refractivity (Wildman–Crippen MR) is 78.3 cm³/mol. The fourth-order valence-corrected chi connectivity index (χ4v) is 3.69. The SMILES string of the molecule is [Cl-].[Cl-].c1cc(CCSSCCc2cc[nH+]cc2)cc[nH+]1. The molecule has 0 aliphatic heterocycles. The van der Waals surface area contributed by atoms with Crippen molar-refractivity contribution in [2.24, 2.45) is 0 Å². The molecule has 0 amide bonds. The molecule has 0 aliphatic carbocycles. The fraction of sp³-hybridized carbons (Fsp3) is 0.286. The Hall–Kier alpha value is -0.420. The zero-order valence-electron chi connectivity index (χ0n) is 11.0. The third-order valence-electron chi connectivity index (χ3n) is 2.61. The number of hydrogen-bond donors (Lipinski definition) is 0. The quantitative estimate of drug-likeness (QED) is 0.383. The van der Waals surface area contributed by atoms with Gasteiger partial charge in [0.2, 0.25) is 0 Å². The van der Waals surface area contributed by atoms with E-state index in [1.807, 2.05) is 46.4 Å². The summed E-state index contributed by atoms with van der Waals surface area (Å²) in [5.41, 5.74) is 2.81. The van der Waals surface area contributed by atoms with Gasteiger partial charge in [0.25, 0.3) is 0 Å². The van der Waals surface area contributed by atoms with Crippen molar-refractivity contribution in [2.45, 2.75) is 12.8 Å². The molecule has 2 aromatic heterocycles. The highest BCUT2D eigenvalue weighted by Crippen LogP contribution is 2.23. The number of aryl methyl sites for hydroxylation is 2. The van der Waals surface area contributed by atoms with Crippen molar-refractivity contribution >= 4 is 21.6 Å². The van der Waals surface area contributed by atoms with Gasteiger partial charge < -0.3 is 24.8 Å². The number of aromatic amines is 2. The Morgan fingerprint density at radius 1 is 0.650 bits per heavy atom. The molecule has 0 radical (unpaired) electrons. The van der Waals surface area contributed by atoms with Gasteiger partial charge in [0, 0.05) is 35.8 Å². The van der Waals surface area contributed by atoms with Crippen LogP contribution in [0.4, 0.5) is 0 Å². The van der Waals surface area contributed by atoms with E-state index >= 15 is 0 Å². The van der Waals surface area contributed by atoms with Crippen LogP contribution in [0.5, 0.6) is 0 Å². The summed E-state index contributed by atoms with van der Waals surface area (Å²) in [5.74, 6) is 2.36. The lowest BCUT2D eigenvalue weighted by Crippen LogP contribution is -3.00. The maximum absolute atomic E-state index is 3.05. The van der Waals surface area contributed by atoms with E-state index in [2.05, 4.69) is 34.2 Å². The summed E-state index contributed by atoms with van der Waals surface area (Å²) in [6.07, 6.45) is 10.2. The van der Waals surface area contributed by atoms with Gasteiger partial charge in [-0.3, -0.25) is 0 Å². The topological polar surface area (TPSA) is 28.3 Å². The zero-order chi connectivity index (χ0) is 12.5. The van der Waals surface area contributed by atoms with Gasteiger partial charge in [0.15, 0.2) is 24.8 Å². The van der Waals surface area contributed by atoms with Gasteiger partial charge in [0.05, 0.1) is 0 Å². The molecule has 0 spiro atoms. The summed E-state index contributed by atoms with van der Waals surface area (Å²) in [6, 6.07) is 8.58. The van der Waals surface area contributed by atoms with Crippen molar-refractivity contribution in [3.63, 3.8) is 0 Å². The van der Waals surface area contributed by atoms with Crippen LogP contribution in [-0.2, 0) is 12.8 Å². The second kappa shape index (κ2) is 12.3. The van der Waals surface area contributed by atoms with E-state index in [1.165, 1.54) is 22.6 Å². The Morgan fingerprint density at radius 2 is 1.00 bits per heavy atom. The molecule has 0 atom stereocenters. The maximum atomic E-state index is 3.05. The van der Waals surface area contributed by atoms with Crippen LogP contribution in [0.15, 0.2) is 49.1 Å². The maximum Gasteiger partial charge on any atom is 0.167 e. The van der Waals surface area contributed by atoms with Crippen LogP contribution in [0.25, 0.3) is 0 Å². The molecule has 6 heteroatoms. The van der Waals surface area contributed by atoms with Crippen molar-refractivity contribution in [3.05, 3.63) is 60.2 Å². The average Bonchev–Trinajstić information content (AvgIpc) is 2.45. The van der Waals surface area contributed by atoms with Gasteiger partial charge in [0.1, 0.15) is 0 Å². The third-order valence-corrected chi connectivity index (χ3v) is 5.01. The first-order chi connectivity index (χ1) is 8.95.